The molecule has 1 aliphatic rings. The molecule has 1 unspecified atom stereocenters. The number of carbonyl (C=O) groups is 1. The smallest absolute Gasteiger partial charge is 0.414 e. The number of hydrogen-bond acceptors (Lipinski definition) is 3. The third kappa shape index (κ3) is 1.99. The molecule has 0 radical (unpaired) electrons. The van der Waals surface area contributed by atoms with Crippen molar-refractivity contribution >= 4 is 11.8 Å². The van der Waals surface area contributed by atoms with Gasteiger partial charge in [-0.05, 0) is 12.1 Å². The van der Waals surface area contributed by atoms with Crippen molar-refractivity contribution in [3.8, 4) is 0 Å². The van der Waals surface area contributed by atoms with Crippen LogP contribution in [0.5, 0.6) is 0 Å². The topological polar surface area (TPSA) is 49.8 Å². The number of ether oxygens (including phenoxy) is 1. The van der Waals surface area contributed by atoms with E-state index in [2.05, 4.69) is 0 Å². The van der Waals surface area contributed by atoms with Gasteiger partial charge in [-0.1, -0.05) is 12.1 Å². The Morgan fingerprint density at radius 2 is 2.25 bits per heavy atom. The minimum absolute atomic E-state index is 0.198. The number of halogens is 1. The number of para-hydroxylation sites is 1. The highest BCUT2D eigenvalue weighted by Gasteiger charge is 2.28. The number of rotatable bonds is 2. The third-order valence-electron chi connectivity index (χ3n) is 2.51. The average molecular weight is 225 g/mol. The number of cyclic esters (lactones) is 1. The lowest BCUT2D eigenvalue weighted by atomic mass is 10.2. The quantitative estimate of drug-likeness (QED) is 0.830. The zero-order valence-electron chi connectivity index (χ0n) is 8.60. The van der Waals surface area contributed by atoms with Crippen LogP contribution < -0.4 is 4.90 Å². The molecule has 1 aromatic rings. The fraction of sp³-hybridized carbons (Fsp3) is 0.364. The van der Waals surface area contributed by atoms with E-state index < -0.39 is 18.0 Å². The molecule has 16 heavy (non-hydrogen) atoms. The first-order chi connectivity index (χ1) is 7.72. The van der Waals surface area contributed by atoms with Crippen molar-refractivity contribution in [1.29, 1.82) is 0 Å². The van der Waals surface area contributed by atoms with Crippen LogP contribution in [-0.4, -0.2) is 30.5 Å². The van der Waals surface area contributed by atoms with E-state index in [4.69, 9.17) is 9.84 Å². The minimum Gasteiger partial charge on any atom is -0.443 e. The number of amides is 1. The molecule has 0 bridgehead atoms. The van der Waals surface area contributed by atoms with Crippen molar-refractivity contribution in [1.82, 2.24) is 0 Å². The monoisotopic (exact) mass is 225 g/mol. The molecule has 1 N–H and O–H groups in total. The highest BCUT2D eigenvalue weighted by atomic mass is 19.1. The summed E-state index contributed by atoms with van der Waals surface area (Å²) >= 11 is 0. The van der Waals surface area contributed by atoms with E-state index in [0.29, 0.717) is 13.0 Å². The fourth-order valence-corrected chi connectivity index (χ4v) is 1.65. The van der Waals surface area contributed by atoms with Crippen LogP contribution in [-0.2, 0) is 4.74 Å². The number of aliphatic hydroxyl groups is 1. The molecule has 1 saturated heterocycles. The zero-order valence-corrected chi connectivity index (χ0v) is 8.60. The summed E-state index contributed by atoms with van der Waals surface area (Å²) in [6, 6.07) is 6.03. The van der Waals surface area contributed by atoms with Crippen molar-refractivity contribution in [2.45, 2.75) is 12.5 Å². The Labute approximate surface area is 92.2 Å². The first-order valence-corrected chi connectivity index (χ1v) is 5.06. The second-order valence-corrected chi connectivity index (χ2v) is 3.58. The SMILES string of the molecule is O=C1OC(CO)CCN1c1ccccc1F. The molecule has 4 nitrogen and oxygen atoms in total. The van der Waals surface area contributed by atoms with Gasteiger partial charge in [-0.25, -0.2) is 9.18 Å². The molecular weight excluding hydrogens is 213 g/mol. The van der Waals surface area contributed by atoms with E-state index in [9.17, 15) is 9.18 Å². The summed E-state index contributed by atoms with van der Waals surface area (Å²) < 4.78 is 18.4. The lowest BCUT2D eigenvalue weighted by molar-refractivity contribution is 0.0451. The van der Waals surface area contributed by atoms with Crippen LogP contribution >= 0.6 is 0 Å². The van der Waals surface area contributed by atoms with Crippen LogP contribution in [0.15, 0.2) is 24.3 Å². The molecule has 2 rings (SSSR count). The largest absolute Gasteiger partial charge is 0.443 e. The standard InChI is InChI=1S/C11H12FNO3/c12-9-3-1-2-4-10(9)13-6-5-8(7-14)16-11(13)15/h1-4,8,14H,5-7H2. The van der Waals surface area contributed by atoms with Gasteiger partial charge in [-0.2, -0.15) is 0 Å². The first kappa shape index (κ1) is 10.9. The number of nitrogens with zero attached hydrogens (tertiary/aromatic N) is 1. The summed E-state index contributed by atoms with van der Waals surface area (Å²) in [5.41, 5.74) is 0.212. The highest BCUT2D eigenvalue weighted by molar-refractivity contribution is 5.88. The first-order valence-electron chi connectivity index (χ1n) is 5.06. The van der Waals surface area contributed by atoms with E-state index in [0.717, 1.165) is 0 Å². The zero-order chi connectivity index (χ0) is 11.5. The molecule has 1 amide bonds. The van der Waals surface area contributed by atoms with Crippen molar-refractivity contribution in [2.75, 3.05) is 18.1 Å². The average Bonchev–Trinajstić information content (AvgIpc) is 2.30. The lowest BCUT2D eigenvalue weighted by Crippen LogP contribution is -2.43. The third-order valence-corrected chi connectivity index (χ3v) is 2.51. The minimum atomic E-state index is -0.615. The van der Waals surface area contributed by atoms with Gasteiger partial charge in [-0.3, -0.25) is 4.90 Å². The van der Waals surface area contributed by atoms with Gasteiger partial charge in [0.25, 0.3) is 0 Å². The second kappa shape index (κ2) is 4.49. The Balaban J connectivity index is 2.18. The predicted molar refractivity (Wildman–Crippen MR) is 55.7 cm³/mol. The summed E-state index contributed by atoms with van der Waals surface area (Å²) in [7, 11) is 0. The summed E-state index contributed by atoms with van der Waals surface area (Å²) in [6.45, 7) is 0.155. The molecule has 1 fully saturated rings. The molecule has 5 heteroatoms. The van der Waals surface area contributed by atoms with Gasteiger partial charge >= 0.3 is 6.09 Å². The maximum absolute atomic E-state index is 13.4. The maximum Gasteiger partial charge on any atom is 0.414 e. The molecule has 1 heterocycles. The Morgan fingerprint density at radius 1 is 1.50 bits per heavy atom. The predicted octanol–water partition coefficient (Wildman–Crippen LogP) is 1.53. The van der Waals surface area contributed by atoms with Crippen molar-refractivity contribution in [3.63, 3.8) is 0 Å². The second-order valence-electron chi connectivity index (χ2n) is 3.58. The molecule has 1 aromatic carbocycles. The van der Waals surface area contributed by atoms with Crippen LogP contribution in [0.1, 0.15) is 6.42 Å². The molecular formula is C11H12FNO3. The molecule has 1 atom stereocenters. The Hall–Kier alpha value is -1.62. The van der Waals surface area contributed by atoms with Gasteiger partial charge in [0.1, 0.15) is 11.9 Å². The van der Waals surface area contributed by atoms with Crippen LogP contribution in [0.2, 0.25) is 0 Å². The number of aliphatic hydroxyl groups excluding tert-OH is 1. The van der Waals surface area contributed by atoms with Gasteiger partial charge in [0, 0.05) is 13.0 Å². The lowest BCUT2D eigenvalue weighted by Gasteiger charge is -2.30. The fourth-order valence-electron chi connectivity index (χ4n) is 1.65. The van der Waals surface area contributed by atoms with Crippen LogP contribution in [0.4, 0.5) is 14.9 Å². The Kier molecular flexibility index (Phi) is 3.05. The van der Waals surface area contributed by atoms with E-state index in [-0.39, 0.29) is 12.3 Å². The Morgan fingerprint density at radius 3 is 2.88 bits per heavy atom. The van der Waals surface area contributed by atoms with Gasteiger partial charge in [0.15, 0.2) is 0 Å². The highest BCUT2D eigenvalue weighted by Crippen LogP contribution is 2.23. The molecule has 0 spiro atoms. The van der Waals surface area contributed by atoms with Crippen LogP contribution in [0, 0.1) is 5.82 Å². The van der Waals surface area contributed by atoms with E-state index in [1.807, 2.05) is 0 Å². The number of anilines is 1. The van der Waals surface area contributed by atoms with Gasteiger partial charge < -0.3 is 9.84 Å². The van der Waals surface area contributed by atoms with Crippen LogP contribution in [0.3, 0.4) is 0 Å². The number of benzene rings is 1. The summed E-state index contributed by atoms with van der Waals surface area (Å²) in [5.74, 6) is -0.457. The van der Waals surface area contributed by atoms with Crippen molar-refractivity contribution in [3.05, 3.63) is 30.1 Å². The van der Waals surface area contributed by atoms with Crippen molar-refractivity contribution in [2.24, 2.45) is 0 Å². The van der Waals surface area contributed by atoms with E-state index in [1.165, 1.54) is 17.0 Å². The summed E-state index contributed by atoms with van der Waals surface area (Å²) in [5, 5.41) is 8.85. The molecule has 0 aromatic heterocycles. The van der Waals surface area contributed by atoms with E-state index >= 15 is 0 Å². The summed E-state index contributed by atoms with van der Waals surface area (Å²) in [4.78, 5) is 12.8. The van der Waals surface area contributed by atoms with Gasteiger partial charge in [0.2, 0.25) is 0 Å². The molecule has 0 aliphatic carbocycles. The Bertz CT molecular complexity index is 397. The van der Waals surface area contributed by atoms with Gasteiger partial charge in [-0.15, -0.1) is 0 Å². The molecule has 1 aliphatic heterocycles. The number of hydrogen-bond donors (Lipinski definition) is 1. The van der Waals surface area contributed by atoms with Crippen molar-refractivity contribution < 1.29 is 19.0 Å². The normalized spacial score (nSPS) is 20.8. The molecule has 86 valence electrons. The van der Waals surface area contributed by atoms with Crippen LogP contribution in [0.25, 0.3) is 0 Å². The van der Waals surface area contributed by atoms with E-state index in [1.54, 1.807) is 12.1 Å². The number of carbonyl (C=O) groups excluding carboxylic acids is 1. The molecule has 0 saturated carbocycles. The van der Waals surface area contributed by atoms with Gasteiger partial charge in [0.05, 0.1) is 12.3 Å². The maximum atomic E-state index is 13.4. The summed E-state index contributed by atoms with van der Waals surface area (Å²) in [6.07, 6.45) is -0.595.